The maximum atomic E-state index is 13.1. The molecule has 4 aromatic rings. The first-order valence-electron chi connectivity index (χ1n) is 9.88. The molecule has 0 spiro atoms. The Kier molecular flexibility index (Phi) is 4.43. The second-order valence-electron chi connectivity index (χ2n) is 7.56. The van der Waals surface area contributed by atoms with E-state index < -0.39 is 0 Å². The molecule has 2 aromatic heterocycles. The van der Waals surface area contributed by atoms with Gasteiger partial charge in [-0.15, -0.1) is 11.3 Å². The van der Waals surface area contributed by atoms with E-state index in [2.05, 4.69) is 22.5 Å². The predicted octanol–water partition coefficient (Wildman–Crippen LogP) is 4.11. The topological polar surface area (TPSA) is 64.0 Å². The number of amides is 1. The largest absolute Gasteiger partial charge is 0.348 e. The van der Waals surface area contributed by atoms with E-state index in [1.54, 1.807) is 11.3 Å². The molecular weight excluding hydrogens is 382 g/mol. The number of benzene rings is 2. The Morgan fingerprint density at radius 2 is 2.00 bits per heavy atom. The van der Waals surface area contributed by atoms with Crippen LogP contribution in [0.4, 0.5) is 0 Å². The second kappa shape index (κ2) is 7.12. The Morgan fingerprint density at radius 3 is 2.90 bits per heavy atom. The van der Waals surface area contributed by atoms with Crippen molar-refractivity contribution in [2.75, 3.05) is 0 Å². The first kappa shape index (κ1) is 18.1. The van der Waals surface area contributed by atoms with Crippen molar-refractivity contribution in [2.24, 2.45) is 0 Å². The molecule has 0 saturated carbocycles. The van der Waals surface area contributed by atoms with Crippen LogP contribution in [0.5, 0.6) is 0 Å². The molecule has 2 heterocycles. The van der Waals surface area contributed by atoms with E-state index in [1.807, 2.05) is 43.3 Å². The van der Waals surface area contributed by atoms with Gasteiger partial charge >= 0.3 is 0 Å². The van der Waals surface area contributed by atoms with Gasteiger partial charge in [0.05, 0.1) is 21.8 Å². The average Bonchev–Trinajstić information content (AvgIpc) is 3.13. The van der Waals surface area contributed by atoms with Crippen LogP contribution in [0.2, 0.25) is 0 Å². The standard InChI is InChI=1S/C23H21N3O2S/c1-14-22-21(17-10-4-5-12-19(17)29-22)23(28)26(25-14)13-20(27)24-18-11-6-8-15-7-2-3-9-16(15)18/h2-5,7,9-10,12,18H,6,8,11,13H2,1H3,(H,24,27). The minimum atomic E-state index is -0.206. The molecule has 5 rings (SSSR count). The summed E-state index contributed by atoms with van der Waals surface area (Å²) in [5, 5.41) is 9.13. The lowest BCUT2D eigenvalue weighted by Gasteiger charge is -2.26. The number of nitrogens with one attached hydrogen (secondary N) is 1. The Balaban J connectivity index is 1.46. The third-order valence-corrected chi connectivity index (χ3v) is 6.92. The number of carbonyl (C=O) groups is 1. The van der Waals surface area contributed by atoms with Crippen LogP contribution in [-0.4, -0.2) is 15.7 Å². The van der Waals surface area contributed by atoms with Crippen molar-refractivity contribution >= 4 is 37.4 Å². The first-order chi connectivity index (χ1) is 14.1. The van der Waals surface area contributed by atoms with Gasteiger partial charge in [0.25, 0.3) is 5.56 Å². The van der Waals surface area contributed by atoms with Crippen molar-refractivity contribution < 1.29 is 4.79 Å². The van der Waals surface area contributed by atoms with Gasteiger partial charge in [-0.25, -0.2) is 4.68 Å². The number of thiophene rings is 1. The Bertz CT molecular complexity index is 1300. The van der Waals surface area contributed by atoms with Gasteiger partial charge in [0, 0.05) is 10.1 Å². The summed E-state index contributed by atoms with van der Waals surface area (Å²) in [5.41, 5.74) is 3.04. The minimum Gasteiger partial charge on any atom is -0.348 e. The fourth-order valence-corrected chi connectivity index (χ4v) is 5.43. The van der Waals surface area contributed by atoms with E-state index in [9.17, 15) is 9.59 Å². The molecule has 0 aliphatic heterocycles. The molecule has 1 N–H and O–H groups in total. The fourth-order valence-electron chi connectivity index (χ4n) is 4.30. The number of aromatic nitrogens is 2. The van der Waals surface area contributed by atoms with E-state index in [-0.39, 0.29) is 24.1 Å². The number of aryl methyl sites for hydroxylation is 2. The summed E-state index contributed by atoms with van der Waals surface area (Å²) < 4.78 is 3.26. The SMILES string of the molecule is Cc1nn(CC(=O)NC2CCCc3ccccc32)c(=O)c2c1sc1ccccc12. The molecule has 1 unspecified atom stereocenters. The molecule has 1 aliphatic carbocycles. The summed E-state index contributed by atoms with van der Waals surface area (Å²) in [6, 6.07) is 16.1. The van der Waals surface area contributed by atoms with Gasteiger partial charge in [0.2, 0.25) is 5.91 Å². The van der Waals surface area contributed by atoms with Crippen molar-refractivity contribution in [2.45, 2.75) is 38.8 Å². The van der Waals surface area contributed by atoms with Crippen LogP contribution >= 0.6 is 11.3 Å². The second-order valence-corrected chi connectivity index (χ2v) is 8.61. The number of rotatable bonds is 3. The van der Waals surface area contributed by atoms with Gasteiger partial charge in [-0.05, 0) is 43.4 Å². The first-order valence-corrected chi connectivity index (χ1v) is 10.7. The highest BCUT2D eigenvalue weighted by molar-refractivity contribution is 7.26. The Hall–Kier alpha value is -2.99. The highest BCUT2D eigenvalue weighted by Crippen LogP contribution is 2.33. The van der Waals surface area contributed by atoms with E-state index in [4.69, 9.17) is 0 Å². The summed E-state index contributed by atoms with van der Waals surface area (Å²) in [6.45, 7) is 1.82. The molecule has 5 nitrogen and oxygen atoms in total. The lowest BCUT2D eigenvalue weighted by molar-refractivity contribution is -0.122. The molecule has 0 saturated heterocycles. The van der Waals surface area contributed by atoms with E-state index in [0.29, 0.717) is 5.39 Å². The highest BCUT2D eigenvalue weighted by atomic mass is 32.1. The third-order valence-electron chi connectivity index (χ3n) is 5.64. The van der Waals surface area contributed by atoms with E-state index in [1.165, 1.54) is 15.8 Å². The van der Waals surface area contributed by atoms with Gasteiger partial charge in [-0.1, -0.05) is 42.5 Å². The van der Waals surface area contributed by atoms with Crippen LogP contribution in [0.1, 0.15) is 35.7 Å². The van der Waals surface area contributed by atoms with E-state index >= 15 is 0 Å². The zero-order chi connectivity index (χ0) is 20.0. The maximum Gasteiger partial charge on any atom is 0.276 e. The fraction of sp³-hybridized carbons (Fsp3) is 0.261. The van der Waals surface area contributed by atoms with Crippen LogP contribution in [-0.2, 0) is 17.8 Å². The quantitative estimate of drug-likeness (QED) is 0.560. The molecular formula is C23H21N3O2S. The van der Waals surface area contributed by atoms with Gasteiger partial charge in [-0.2, -0.15) is 5.10 Å². The van der Waals surface area contributed by atoms with Crippen molar-refractivity contribution in [1.29, 1.82) is 0 Å². The van der Waals surface area contributed by atoms with Crippen molar-refractivity contribution in [3.63, 3.8) is 0 Å². The number of hydrogen-bond donors (Lipinski definition) is 1. The summed E-state index contributed by atoms with van der Waals surface area (Å²) in [6.07, 6.45) is 3.01. The zero-order valence-electron chi connectivity index (χ0n) is 16.1. The van der Waals surface area contributed by atoms with Crippen molar-refractivity contribution in [1.82, 2.24) is 15.1 Å². The summed E-state index contributed by atoms with van der Waals surface area (Å²) in [5.74, 6) is -0.181. The number of nitrogens with zero attached hydrogens (tertiary/aromatic N) is 2. The zero-order valence-corrected chi connectivity index (χ0v) is 17.0. The highest BCUT2D eigenvalue weighted by Gasteiger charge is 2.22. The Morgan fingerprint density at radius 1 is 1.21 bits per heavy atom. The maximum absolute atomic E-state index is 13.1. The van der Waals surface area contributed by atoms with Gasteiger partial charge in [0.1, 0.15) is 6.54 Å². The summed E-state index contributed by atoms with van der Waals surface area (Å²) in [4.78, 5) is 25.9. The molecule has 0 radical (unpaired) electrons. The number of fused-ring (bicyclic) bond motifs is 4. The smallest absolute Gasteiger partial charge is 0.276 e. The summed E-state index contributed by atoms with van der Waals surface area (Å²) >= 11 is 1.57. The van der Waals surface area contributed by atoms with Gasteiger partial charge < -0.3 is 5.32 Å². The van der Waals surface area contributed by atoms with Crippen LogP contribution in [0.3, 0.4) is 0 Å². The average molecular weight is 404 g/mol. The molecule has 1 aliphatic rings. The molecule has 2 aromatic carbocycles. The van der Waals surface area contributed by atoms with Crippen LogP contribution in [0.25, 0.3) is 20.2 Å². The number of carbonyl (C=O) groups excluding carboxylic acids is 1. The van der Waals surface area contributed by atoms with Crippen LogP contribution in [0, 0.1) is 6.92 Å². The van der Waals surface area contributed by atoms with Crippen LogP contribution in [0.15, 0.2) is 53.3 Å². The Labute approximate surface area is 172 Å². The molecule has 1 atom stereocenters. The lowest BCUT2D eigenvalue weighted by atomic mass is 9.88. The summed E-state index contributed by atoms with van der Waals surface area (Å²) in [7, 11) is 0. The molecule has 29 heavy (non-hydrogen) atoms. The molecule has 1 amide bonds. The molecule has 0 fully saturated rings. The predicted molar refractivity (Wildman–Crippen MR) is 116 cm³/mol. The molecule has 6 heteroatoms. The van der Waals surface area contributed by atoms with Crippen molar-refractivity contribution in [3.8, 4) is 0 Å². The molecule has 146 valence electrons. The van der Waals surface area contributed by atoms with Crippen LogP contribution < -0.4 is 10.9 Å². The van der Waals surface area contributed by atoms with E-state index in [0.717, 1.165) is 39.7 Å². The van der Waals surface area contributed by atoms with Gasteiger partial charge in [-0.3, -0.25) is 9.59 Å². The monoisotopic (exact) mass is 403 g/mol. The van der Waals surface area contributed by atoms with Gasteiger partial charge in [0.15, 0.2) is 0 Å². The third kappa shape index (κ3) is 3.13. The normalized spacial score (nSPS) is 16.1. The number of hydrogen-bond acceptors (Lipinski definition) is 4. The lowest BCUT2D eigenvalue weighted by Crippen LogP contribution is -2.37. The minimum absolute atomic E-state index is 0.00467. The van der Waals surface area contributed by atoms with Crippen molar-refractivity contribution in [3.05, 3.63) is 75.7 Å². The molecule has 0 bridgehead atoms.